The average molecular weight is 238 g/mol. The molecule has 0 saturated heterocycles. The fourth-order valence-corrected chi connectivity index (χ4v) is 2.20. The van der Waals surface area contributed by atoms with Gasteiger partial charge in [-0.2, -0.15) is 5.10 Å². The highest BCUT2D eigenvalue weighted by Gasteiger charge is 2.11. The van der Waals surface area contributed by atoms with Crippen molar-refractivity contribution in [1.82, 2.24) is 9.78 Å². The molecule has 0 aliphatic rings. The van der Waals surface area contributed by atoms with E-state index in [0.29, 0.717) is 0 Å². The van der Waals surface area contributed by atoms with Crippen molar-refractivity contribution in [2.24, 2.45) is 0 Å². The Balaban J connectivity index is 2.27. The first kappa shape index (κ1) is 11.0. The Morgan fingerprint density at radius 2 is 1.78 bits per heavy atom. The summed E-state index contributed by atoms with van der Waals surface area (Å²) in [6, 6.07) is 15.8. The Bertz CT molecular complexity index is 686. The van der Waals surface area contributed by atoms with Crippen LogP contribution >= 0.6 is 0 Å². The van der Waals surface area contributed by atoms with Crippen molar-refractivity contribution in [3.63, 3.8) is 0 Å². The van der Waals surface area contributed by atoms with E-state index in [4.69, 9.17) is 0 Å². The summed E-state index contributed by atoms with van der Waals surface area (Å²) in [6.45, 7) is 1.77. The molecule has 0 aliphatic carbocycles. The van der Waals surface area contributed by atoms with Gasteiger partial charge in [-0.1, -0.05) is 36.4 Å². The number of aliphatic hydroxyl groups excluding tert-OH is 1. The zero-order valence-corrected chi connectivity index (χ0v) is 10.1. The molecular weight excluding hydrogens is 224 g/mol. The molecule has 0 unspecified atom stereocenters. The molecular formula is C15H14N2O. The normalized spacial score (nSPS) is 12.8. The minimum Gasteiger partial charge on any atom is -0.389 e. The Kier molecular flexibility index (Phi) is 2.61. The van der Waals surface area contributed by atoms with Gasteiger partial charge >= 0.3 is 0 Å². The molecule has 3 aromatic rings. The molecule has 0 spiro atoms. The van der Waals surface area contributed by atoms with Crippen LogP contribution in [-0.4, -0.2) is 14.9 Å². The van der Waals surface area contributed by atoms with Crippen LogP contribution in [0, 0.1) is 0 Å². The van der Waals surface area contributed by atoms with Crippen LogP contribution in [0.5, 0.6) is 0 Å². The van der Waals surface area contributed by atoms with Crippen molar-refractivity contribution in [3.05, 3.63) is 60.3 Å². The SMILES string of the molecule is C[C@@H](O)c1ccccc1-n1ncc2ccccc21. The van der Waals surface area contributed by atoms with Crippen LogP contribution in [0.4, 0.5) is 0 Å². The lowest BCUT2D eigenvalue weighted by Crippen LogP contribution is -2.03. The predicted molar refractivity (Wildman–Crippen MR) is 71.7 cm³/mol. The Labute approximate surface area is 105 Å². The van der Waals surface area contributed by atoms with E-state index in [1.165, 1.54) is 0 Å². The van der Waals surface area contributed by atoms with E-state index in [0.717, 1.165) is 22.2 Å². The second-order valence-corrected chi connectivity index (χ2v) is 4.35. The third-order valence-electron chi connectivity index (χ3n) is 3.09. The average Bonchev–Trinajstić information content (AvgIpc) is 2.82. The van der Waals surface area contributed by atoms with Crippen molar-refractivity contribution in [3.8, 4) is 5.69 Å². The maximum atomic E-state index is 9.83. The fourth-order valence-electron chi connectivity index (χ4n) is 2.20. The number of para-hydroxylation sites is 2. The Morgan fingerprint density at radius 1 is 1.06 bits per heavy atom. The summed E-state index contributed by atoms with van der Waals surface area (Å²) in [7, 11) is 0. The van der Waals surface area contributed by atoms with E-state index in [2.05, 4.69) is 5.10 Å². The molecule has 0 radical (unpaired) electrons. The maximum absolute atomic E-state index is 9.83. The molecule has 1 aromatic heterocycles. The third kappa shape index (κ3) is 1.69. The zero-order valence-electron chi connectivity index (χ0n) is 10.1. The highest BCUT2D eigenvalue weighted by atomic mass is 16.3. The topological polar surface area (TPSA) is 38.0 Å². The molecule has 1 N–H and O–H groups in total. The molecule has 90 valence electrons. The number of hydrogen-bond donors (Lipinski definition) is 1. The zero-order chi connectivity index (χ0) is 12.5. The Morgan fingerprint density at radius 3 is 2.61 bits per heavy atom. The molecule has 3 heteroatoms. The highest BCUT2D eigenvalue weighted by molar-refractivity contribution is 5.80. The molecule has 0 bridgehead atoms. The summed E-state index contributed by atoms with van der Waals surface area (Å²) in [5.74, 6) is 0. The number of aromatic nitrogens is 2. The van der Waals surface area contributed by atoms with Crippen molar-refractivity contribution in [1.29, 1.82) is 0 Å². The molecule has 18 heavy (non-hydrogen) atoms. The monoisotopic (exact) mass is 238 g/mol. The quantitative estimate of drug-likeness (QED) is 0.745. The van der Waals surface area contributed by atoms with Gasteiger partial charge in [0.05, 0.1) is 23.5 Å². The van der Waals surface area contributed by atoms with Gasteiger partial charge in [0, 0.05) is 10.9 Å². The van der Waals surface area contributed by atoms with Crippen LogP contribution in [0.1, 0.15) is 18.6 Å². The molecule has 0 fully saturated rings. The number of rotatable bonds is 2. The first-order valence-corrected chi connectivity index (χ1v) is 5.97. The first-order valence-electron chi connectivity index (χ1n) is 5.97. The summed E-state index contributed by atoms with van der Waals surface area (Å²) in [5, 5.41) is 15.3. The van der Waals surface area contributed by atoms with Gasteiger partial charge in [0.15, 0.2) is 0 Å². The number of fused-ring (bicyclic) bond motifs is 1. The second-order valence-electron chi connectivity index (χ2n) is 4.35. The minimum absolute atomic E-state index is 0.510. The van der Waals surface area contributed by atoms with Gasteiger partial charge in [0.1, 0.15) is 0 Å². The summed E-state index contributed by atoms with van der Waals surface area (Å²) < 4.78 is 1.87. The number of aliphatic hydroxyl groups is 1. The lowest BCUT2D eigenvalue weighted by atomic mass is 10.1. The number of nitrogens with zero attached hydrogens (tertiary/aromatic N) is 2. The molecule has 0 aliphatic heterocycles. The highest BCUT2D eigenvalue weighted by Crippen LogP contribution is 2.24. The standard InChI is InChI=1S/C15H14N2O/c1-11(18)13-7-3-5-9-15(13)17-14-8-4-2-6-12(14)10-16-17/h2-11,18H,1H3/t11-/m1/s1. The molecule has 1 heterocycles. The summed E-state index contributed by atoms with van der Waals surface area (Å²) in [6.07, 6.45) is 1.33. The van der Waals surface area contributed by atoms with E-state index in [1.807, 2.05) is 59.4 Å². The van der Waals surface area contributed by atoms with Crippen LogP contribution in [0.2, 0.25) is 0 Å². The van der Waals surface area contributed by atoms with E-state index in [-0.39, 0.29) is 0 Å². The van der Waals surface area contributed by atoms with E-state index >= 15 is 0 Å². The summed E-state index contributed by atoms with van der Waals surface area (Å²) in [5.41, 5.74) is 2.85. The lowest BCUT2D eigenvalue weighted by Gasteiger charge is -2.12. The van der Waals surface area contributed by atoms with Crippen molar-refractivity contribution < 1.29 is 5.11 Å². The maximum Gasteiger partial charge on any atom is 0.0782 e. The van der Waals surface area contributed by atoms with Crippen LogP contribution in [0.25, 0.3) is 16.6 Å². The van der Waals surface area contributed by atoms with Gasteiger partial charge in [0.2, 0.25) is 0 Å². The van der Waals surface area contributed by atoms with Crippen LogP contribution in [0.15, 0.2) is 54.7 Å². The van der Waals surface area contributed by atoms with Crippen molar-refractivity contribution >= 4 is 10.9 Å². The minimum atomic E-state index is -0.510. The Hall–Kier alpha value is -2.13. The van der Waals surface area contributed by atoms with Crippen LogP contribution in [-0.2, 0) is 0 Å². The summed E-state index contributed by atoms with van der Waals surface area (Å²) >= 11 is 0. The van der Waals surface area contributed by atoms with Gasteiger partial charge in [-0.25, -0.2) is 4.68 Å². The molecule has 0 amide bonds. The van der Waals surface area contributed by atoms with Gasteiger partial charge in [-0.05, 0) is 19.1 Å². The summed E-state index contributed by atoms with van der Waals surface area (Å²) in [4.78, 5) is 0. The van der Waals surface area contributed by atoms with Crippen LogP contribution < -0.4 is 0 Å². The van der Waals surface area contributed by atoms with Crippen molar-refractivity contribution in [2.75, 3.05) is 0 Å². The fraction of sp³-hybridized carbons (Fsp3) is 0.133. The smallest absolute Gasteiger partial charge is 0.0782 e. The first-order chi connectivity index (χ1) is 8.77. The van der Waals surface area contributed by atoms with E-state index in [9.17, 15) is 5.11 Å². The molecule has 1 atom stereocenters. The third-order valence-corrected chi connectivity index (χ3v) is 3.09. The van der Waals surface area contributed by atoms with Gasteiger partial charge in [-0.3, -0.25) is 0 Å². The van der Waals surface area contributed by atoms with E-state index in [1.54, 1.807) is 6.92 Å². The van der Waals surface area contributed by atoms with Gasteiger partial charge in [-0.15, -0.1) is 0 Å². The van der Waals surface area contributed by atoms with Crippen molar-refractivity contribution in [2.45, 2.75) is 13.0 Å². The van der Waals surface area contributed by atoms with Gasteiger partial charge < -0.3 is 5.11 Å². The number of benzene rings is 2. The largest absolute Gasteiger partial charge is 0.389 e. The molecule has 3 rings (SSSR count). The van der Waals surface area contributed by atoms with E-state index < -0.39 is 6.10 Å². The predicted octanol–water partition coefficient (Wildman–Crippen LogP) is 3.08. The second kappa shape index (κ2) is 4.27. The molecule has 0 saturated carbocycles. The van der Waals surface area contributed by atoms with Crippen LogP contribution in [0.3, 0.4) is 0 Å². The molecule has 3 nitrogen and oxygen atoms in total. The number of hydrogen-bond acceptors (Lipinski definition) is 2. The molecule has 2 aromatic carbocycles. The van der Waals surface area contributed by atoms with Gasteiger partial charge in [0.25, 0.3) is 0 Å². The lowest BCUT2D eigenvalue weighted by molar-refractivity contribution is 0.199.